The quantitative estimate of drug-likeness (QED) is 0.441. The minimum Gasteiger partial charge on any atom is -0.295 e. The molecule has 0 bridgehead atoms. The van der Waals surface area contributed by atoms with E-state index in [9.17, 15) is 24.0 Å². The summed E-state index contributed by atoms with van der Waals surface area (Å²) < 4.78 is 0. The SMILES string of the molecule is C[C@@H](C(=O)c1ccccc1)C12C(=O)NC(=O)C1C(=O)NC2=O. The second-order valence-electron chi connectivity index (χ2n) is 5.39. The molecular formula is C15H12N2O5. The van der Waals surface area contributed by atoms with Crippen molar-refractivity contribution >= 4 is 29.4 Å². The van der Waals surface area contributed by atoms with Crippen molar-refractivity contribution in [1.82, 2.24) is 10.6 Å². The van der Waals surface area contributed by atoms with E-state index in [-0.39, 0.29) is 0 Å². The van der Waals surface area contributed by atoms with E-state index in [0.29, 0.717) is 5.56 Å². The van der Waals surface area contributed by atoms with Gasteiger partial charge >= 0.3 is 0 Å². The normalized spacial score (nSPS) is 28.1. The van der Waals surface area contributed by atoms with Crippen molar-refractivity contribution in [1.29, 1.82) is 0 Å². The standard InChI is InChI=1S/C15H12N2O5/c1-7(10(18)8-5-3-2-4-6-8)15-9(11(19)16-13(15)21)12(20)17-14(15)22/h2-7,9H,1H3,(H,16,19,21)(H,17,20,22)/t7-,9?,15?/m0/s1. The Morgan fingerprint density at radius 1 is 1.00 bits per heavy atom. The average Bonchev–Trinajstić information content (AvgIpc) is 2.93. The minimum absolute atomic E-state index is 0.308. The Hall–Kier alpha value is -2.83. The molecule has 2 fully saturated rings. The molecule has 2 N–H and O–H groups in total. The molecule has 0 aliphatic carbocycles. The molecule has 4 amide bonds. The number of fused-ring (bicyclic) bond motifs is 1. The predicted molar refractivity (Wildman–Crippen MR) is 72.2 cm³/mol. The van der Waals surface area contributed by atoms with Crippen molar-refractivity contribution in [3.63, 3.8) is 0 Å². The molecule has 0 saturated carbocycles. The van der Waals surface area contributed by atoms with Gasteiger partial charge in [0.1, 0.15) is 5.92 Å². The van der Waals surface area contributed by atoms with Crippen LogP contribution in [0.2, 0.25) is 0 Å². The third-order valence-corrected chi connectivity index (χ3v) is 4.34. The van der Waals surface area contributed by atoms with Crippen molar-refractivity contribution in [2.24, 2.45) is 17.3 Å². The first-order chi connectivity index (χ1) is 10.4. The van der Waals surface area contributed by atoms with Gasteiger partial charge in [0.25, 0.3) is 0 Å². The summed E-state index contributed by atoms with van der Waals surface area (Å²) in [5.41, 5.74) is -1.69. The number of nitrogens with one attached hydrogen (secondary N) is 2. The van der Waals surface area contributed by atoms with Crippen LogP contribution in [-0.4, -0.2) is 29.4 Å². The number of carbonyl (C=O) groups is 5. The molecule has 1 aromatic rings. The lowest BCUT2D eigenvalue weighted by Gasteiger charge is -2.27. The van der Waals surface area contributed by atoms with E-state index in [1.54, 1.807) is 30.3 Å². The van der Waals surface area contributed by atoms with Crippen molar-refractivity contribution in [3.05, 3.63) is 35.9 Å². The van der Waals surface area contributed by atoms with Crippen LogP contribution >= 0.6 is 0 Å². The molecule has 0 unspecified atom stereocenters. The fourth-order valence-electron chi connectivity index (χ4n) is 3.18. The fraction of sp³-hybridized carbons (Fsp3) is 0.267. The fourth-order valence-corrected chi connectivity index (χ4v) is 3.18. The van der Waals surface area contributed by atoms with Crippen LogP contribution in [-0.2, 0) is 19.2 Å². The molecule has 0 aromatic heterocycles. The second kappa shape index (κ2) is 4.59. The number of hydrogen-bond donors (Lipinski definition) is 2. The van der Waals surface area contributed by atoms with Gasteiger partial charge in [0.05, 0.1) is 0 Å². The molecule has 1 aromatic carbocycles. The molecule has 7 heteroatoms. The Kier molecular flexibility index (Phi) is 2.94. The Morgan fingerprint density at radius 2 is 1.50 bits per heavy atom. The summed E-state index contributed by atoms with van der Waals surface area (Å²) in [5, 5.41) is 3.99. The zero-order valence-electron chi connectivity index (χ0n) is 11.6. The van der Waals surface area contributed by atoms with Crippen LogP contribution in [0.25, 0.3) is 0 Å². The van der Waals surface area contributed by atoms with Gasteiger partial charge in [0, 0.05) is 11.5 Å². The van der Waals surface area contributed by atoms with Gasteiger partial charge in [-0.2, -0.15) is 0 Å². The molecule has 2 aliphatic heterocycles. The van der Waals surface area contributed by atoms with Gasteiger partial charge in [-0.15, -0.1) is 0 Å². The van der Waals surface area contributed by atoms with Crippen LogP contribution < -0.4 is 10.6 Å². The molecule has 0 spiro atoms. The monoisotopic (exact) mass is 300 g/mol. The molecule has 22 heavy (non-hydrogen) atoms. The number of imide groups is 2. The number of Topliss-reactive ketones (excluding diaryl/α,β-unsaturated/α-hetero) is 1. The van der Waals surface area contributed by atoms with Crippen molar-refractivity contribution in [2.45, 2.75) is 6.92 Å². The van der Waals surface area contributed by atoms with Gasteiger partial charge in [0.2, 0.25) is 23.6 Å². The Bertz CT molecular complexity index is 695. The van der Waals surface area contributed by atoms with Crippen LogP contribution in [0.15, 0.2) is 30.3 Å². The first kappa shape index (κ1) is 14.1. The number of ketones is 1. The molecule has 7 nitrogen and oxygen atoms in total. The van der Waals surface area contributed by atoms with E-state index in [2.05, 4.69) is 0 Å². The lowest BCUT2D eigenvalue weighted by Crippen LogP contribution is -2.49. The Labute approximate surface area is 125 Å². The number of amides is 4. The summed E-state index contributed by atoms with van der Waals surface area (Å²) in [7, 11) is 0. The smallest absolute Gasteiger partial charge is 0.244 e. The maximum atomic E-state index is 12.6. The molecule has 1 atom stereocenters. The maximum Gasteiger partial charge on any atom is 0.244 e. The van der Waals surface area contributed by atoms with Gasteiger partial charge in [-0.1, -0.05) is 37.3 Å². The molecule has 2 aliphatic rings. The van der Waals surface area contributed by atoms with Gasteiger partial charge in [0.15, 0.2) is 11.2 Å². The van der Waals surface area contributed by atoms with Crippen LogP contribution in [0.4, 0.5) is 0 Å². The highest BCUT2D eigenvalue weighted by atomic mass is 16.2. The molecule has 3 rings (SSSR count). The number of hydrogen-bond acceptors (Lipinski definition) is 5. The largest absolute Gasteiger partial charge is 0.295 e. The molecule has 112 valence electrons. The summed E-state index contributed by atoms with van der Waals surface area (Å²) in [5.74, 6) is -6.60. The lowest BCUT2D eigenvalue weighted by atomic mass is 9.67. The van der Waals surface area contributed by atoms with Crippen molar-refractivity contribution in [3.8, 4) is 0 Å². The second-order valence-corrected chi connectivity index (χ2v) is 5.39. The maximum absolute atomic E-state index is 12.6. The van der Waals surface area contributed by atoms with Crippen molar-refractivity contribution < 1.29 is 24.0 Å². The van der Waals surface area contributed by atoms with E-state index in [0.717, 1.165) is 0 Å². The van der Waals surface area contributed by atoms with Gasteiger partial charge in [-0.25, -0.2) is 0 Å². The Morgan fingerprint density at radius 3 is 2.00 bits per heavy atom. The van der Waals surface area contributed by atoms with E-state index in [4.69, 9.17) is 0 Å². The van der Waals surface area contributed by atoms with Gasteiger partial charge in [-0.3, -0.25) is 34.6 Å². The van der Waals surface area contributed by atoms with E-state index >= 15 is 0 Å². The summed E-state index contributed by atoms with van der Waals surface area (Å²) in [6, 6.07) is 8.12. The first-order valence-corrected chi connectivity index (χ1v) is 6.70. The van der Waals surface area contributed by atoms with Crippen molar-refractivity contribution in [2.75, 3.05) is 0 Å². The van der Waals surface area contributed by atoms with Gasteiger partial charge < -0.3 is 0 Å². The number of carbonyl (C=O) groups excluding carboxylic acids is 5. The lowest BCUT2D eigenvalue weighted by molar-refractivity contribution is -0.142. The Balaban J connectivity index is 2.09. The third kappa shape index (κ3) is 1.59. The highest BCUT2D eigenvalue weighted by Crippen LogP contribution is 2.45. The van der Waals surface area contributed by atoms with Crippen LogP contribution in [0.3, 0.4) is 0 Å². The molecule has 2 heterocycles. The number of benzene rings is 1. The highest BCUT2D eigenvalue weighted by molar-refractivity contribution is 6.33. The summed E-state index contributed by atoms with van der Waals surface area (Å²) in [6.45, 7) is 1.39. The van der Waals surface area contributed by atoms with Gasteiger partial charge in [-0.05, 0) is 0 Å². The number of rotatable bonds is 3. The summed E-state index contributed by atoms with van der Waals surface area (Å²) in [4.78, 5) is 60.7. The zero-order valence-corrected chi connectivity index (χ0v) is 11.6. The van der Waals surface area contributed by atoms with E-state index in [1.807, 2.05) is 10.6 Å². The third-order valence-electron chi connectivity index (χ3n) is 4.34. The minimum atomic E-state index is -2.00. The van der Waals surface area contributed by atoms with E-state index < -0.39 is 46.7 Å². The van der Waals surface area contributed by atoms with Crippen LogP contribution in [0, 0.1) is 17.3 Å². The average molecular weight is 300 g/mol. The zero-order chi connectivity index (χ0) is 16.1. The topological polar surface area (TPSA) is 109 Å². The molecular weight excluding hydrogens is 288 g/mol. The van der Waals surface area contributed by atoms with Crippen LogP contribution in [0.1, 0.15) is 17.3 Å². The predicted octanol–water partition coefficient (Wildman–Crippen LogP) is -0.579. The molecule has 2 saturated heterocycles. The van der Waals surface area contributed by atoms with E-state index in [1.165, 1.54) is 6.92 Å². The summed E-state index contributed by atoms with van der Waals surface area (Å²) in [6.07, 6.45) is 0. The van der Waals surface area contributed by atoms with Crippen LogP contribution in [0.5, 0.6) is 0 Å². The molecule has 0 radical (unpaired) electrons. The first-order valence-electron chi connectivity index (χ1n) is 6.70. The highest BCUT2D eigenvalue weighted by Gasteiger charge is 2.71. The summed E-state index contributed by atoms with van der Waals surface area (Å²) >= 11 is 0.